The molecular formula is C12H20N2O. The van der Waals surface area contributed by atoms with Gasteiger partial charge >= 0.3 is 0 Å². The number of carbonyl (C=O) groups excluding carboxylic acids is 1. The number of nitrogens with zero attached hydrogens (tertiary/aromatic N) is 2. The van der Waals surface area contributed by atoms with Gasteiger partial charge in [-0.1, -0.05) is 27.7 Å². The largest absolute Gasteiger partial charge is 0.294 e. The number of aromatic nitrogens is 2. The van der Waals surface area contributed by atoms with Gasteiger partial charge in [-0.05, 0) is 11.8 Å². The molecule has 0 unspecified atom stereocenters. The van der Waals surface area contributed by atoms with E-state index < -0.39 is 0 Å². The molecule has 15 heavy (non-hydrogen) atoms. The number of carbonyl (C=O) groups is 1. The maximum Gasteiger partial charge on any atom is 0.165 e. The average Bonchev–Trinajstić information content (AvgIpc) is 2.61. The molecule has 0 amide bonds. The van der Waals surface area contributed by atoms with Crippen LogP contribution < -0.4 is 0 Å². The molecule has 0 fully saturated rings. The van der Waals surface area contributed by atoms with Crippen molar-refractivity contribution in [2.45, 2.75) is 47.1 Å². The van der Waals surface area contributed by atoms with Gasteiger partial charge in [0.05, 0.1) is 11.8 Å². The van der Waals surface area contributed by atoms with Gasteiger partial charge in [0.25, 0.3) is 0 Å². The van der Waals surface area contributed by atoms with Crippen molar-refractivity contribution >= 4 is 5.78 Å². The van der Waals surface area contributed by atoms with E-state index >= 15 is 0 Å². The molecule has 1 aromatic heterocycles. The average molecular weight is 208 g/mol. The van der Waals surface area contributed by atoms with Gasteiger partial charge < -0.3 is 0 Å². The first-order chi connectivity index (χ1) is 6.92. The molecule has 0 aromatic carbocycles. The van der Waals surface area contributed by atoms with Crippen molar-refractivity contribution in [3.63, 3.8) is 0 Å². The molecule has 3 heteroatoms. The summed E-state index contributed by atoms with van der Waals surface area (Å²) in [6.45, 7) is 9.35. The Morgan fingerprint density at radius 3 is 2.67 bits per heavy atom. The molecule has 3 nitrogen and oxygen atoms in total. The summed E-state index contributed by atoms with van der Waals surface area (Å²) >= 11 is 0. The van der Waals surface area contributed by atoms with Crippen molar-refractivity contribution in [1.82, 2.24) is 9.78 Å². The zero-order valence-electron chi connectivity index (χ0n) is 10.1. The Morgan fingerprint density at radius 2 is 2.13 bits per heavy atom. The van der Waals surface area contributed by atoms with E-state index in [2.05, 4.69) is 25.9 Å². The standard InChI is InChI=1S/C12H20N2O/c1-5-11(15)10-8-13-14(9-10)7-6-12(2,3)4/h8-9H,5-7H2,1-4H3. The minimum Gasteiger partial charge on any atom is -0.294 e. The second-order valence-electron chi connectivity index (χ2n) is 5.08. The van der Waals surface area contributed by atoms with Crippen molar-refractivity contribution in [1.29, 1.82) is 0 Å². The number of hydrogen-bond acceptors (Lipinski definition) is 2. The molecular weight excluding hydrogens is 188 g/mol. The Hall–Kier alpha value is -1.12. The molecule has 1 rings (SSSR count). The molecule has 1 heterocycles. The van der Waals surface area contributed by atoms with E-state index in [4.69, 9.17) is 0 Å². The minimum absolute atomic E-state index is 0.164. The monoisotopic (exact) mass is 208 g/mol. The molecule has 0 aliphatic heterocycles. The molecule has 0 aliphatic carbocycles. The van der Waals surface area contributed by atoms with Crippen LogP contribution in [0.4, 0.5) is 0 Å². The summed E-state index contributed by atoms with van der Waals surface area (Å²) in [5, 5.41) is 4.18. The van der Waals surface area contributed by atoms with E-state index in [1.165, 1.54) is 0 Å². The molecule has 0 radical (unpaired) electrons. The Balaban J connectivity index is 2.57. The Kier molecular flexibility index (Phi) is 3.66. The van der Waals surface area contributed by atoms with Gasteiger partial charge in [-0.25, -0.2) is 0 Å². The Bertz CT molecular complexity index is 334. The fraction of sp³-hybridized carbons (Fsp3) is 0.667. The SMILES string of the molecule is CCC(=O)c1cnn(CCC(C)(C)C)c1. The van der Waals surface area contributed by atoms with Gasteiger partial charge in [-0.2, -0.15) is 5.10 Å². The molecule has 84 valence electrons. The maximum absolute atomic E-state index is 11.4. The van der Waals surface area contributed by atoms with Gasteiger partial charge in [-0.15, -0.1) is 0 Å². The fourth-order valence-corrected chi connectivity index (χ4v) is 1.28. The van der Waals surface area contributed by atoms with Crippen LogP contribution in [0.5, 0.6) is 0 Å². The van der Waals surface area contributed by atoms with E-state index in [9.17, 15) is 4.79 Å². The number of Topliss-reactive ketones (excluding diaryl/α,β-unsaturated/α-hetero) is 1. The van der Waals surface area contributed by atoms with Crippen LogP contribution in [0.15, 0.2) is 12.4 Å². The zero-order chi connectivity index (χ0) is 11.5. The third-order valence-corrected chi connectivity index (χ3v) is 2.37. The lowest BCUT2D eigenvalue weighted by molar-refractivity contribution is 0.0988. The van der Waals surface area contributed by atoms with E-state index in [1.807, 2.05) is 17.8 Å². The summed E-state index contributed by atoms with van der Waals surface area (Å²) in [7, 11) is 0. The summed E-state index contributed by atoms with van der Waals surface area (Å²) in [5.41, 5.74) is 1.03. The van der Waals surface area contributed by atoms with Crippen LogP contribution in [0, 0.1) is 5.41 Å². The van der Waals surface area contributed by atoms with Crippen LogP contribution in [0.25, 0.3) is 0 Å². The quantitative estimate of drug-likeness (QED) is 0.713. The minimum atomic E-state index is 0.164. The van der Waals surface area contributed by atoms with Gasteiger partial charge in [0.1, 0.15) is 0 Å². The van der Waals surface area contributed by atoms with Crippen molar-refractivity contribution in [3.8, 4) is 0 Å². The summed E-state index contributed by atoms with van der Waals surface area (Å²) in [6.07, 6.45) is 5.12. The first-order valence-electron chi connectivity index (χ1n) is 5.48. The molecule has 0 spiro atoms. The molecule has 0 saturated heterocycles. The summed E-state index contributed by atoms with van der Waals surface area (Å²) in [6, 6.07) is 0. The highest BCUT2D eigenvalue weighted by Crippen LogP contribution is 2.19. The second-order valence-corrected chi connectivity index (χ2v) is 5.08. The zero-order valence-corrected chi connectivity index (χ0v) is 10.1. The molecule has 1 aromatic rings. The molecule has 0 N–H and O–H groups in total. The second kappa shape index (κ2) is 4.60. The van der Waals surface area contributed by atoms with Crippen LogP contribution in [0.1, 0.15) is 50.9 Å². The van der Waals surface area contributed by atoms with Crippen LogP contribution in [0.3, 0.4) is 0 Å². The van der Waals surface area contributed by atoms with Gasteiger partial charge in [-0.3, -0.25) is 9.48 Å². The van der Waals surface area contributed by atoms with Crippen molar-refractivity contribution in [2.75, 3.05) is 0 Å². The lowest BCUT2D eigenvalue weighted by Crippen LogP contribution is -2.10. The number of aryl methyl sites for hydroxylation is 1. The number of rotatable bonds is 4. The molecule has 0 atom stereocenters. The highest BCUT2D eigenvalue weighted by atomic mass is 16.1. The third kappa shape index (κ3) is 3.86. The van der Waals surface area contributed by atoms with Crippen LogP contribution in [-0.2, 0) is 6.54 Å². The lowest BCUT2D eigenvalue weighted by Gasteiger charge is -2.17. The number of ketones is 1. The van der Waals surface area contributed by atoms with Crippen LogP contribution in [0.2, 0.25) is 0 Å². The molecule has 0 aliphatic rings. The Labute approximate surface area is 91.5 Å². The Morgan fingerprint density at radius 1 is 1.47 bits per heavy atom. The van der Waals surface area contributed by atoms with Gasteiger partial charge in [0.15, 0.2) is 5.78 Å². The summed E-state index contributed by atoms with van der Waals surface area (Å²) in [4.78, 5) is 11.4. The normalized spacial score (nSPS) is 11.7. The highest BCUT2D eigenvalue weighted by molar-refractivity contribution is 5.95. The summed E-state index contributed by atoms with van der Waals surface area (Å²) < 4.78 is 1.86. The van der Waals surface area contributed by atoms with Crippen molar-refractivity contribution < 1.29 is 4.79 Å². The van der Waals surface area contributed by atoms with E-state index in [-0.39, 0.29) is 5.78 Å². The van der Waals surface area contributed by atoms with Gasteiger partial charge in [0.2, 0.25) is 0 Å². The topological polar surface area (TPSA) is 34.9 Å². The van der Waals surface area contributed by atoms with E-state index in [1.54, 1.807) is 6.20 Å². The predicted octanol–water partition coefficient (Wildman–Crippen LogP) is 2.91. The molecule has 0 saturated carbocycles. The highest BCUT2D eigenvalue weighted by Gasteiger charge is 2.11. The van der Waals surface area contributed by atoms with Crippen molar-refractivity contribution in [2.24, 2.45) is 5.41 Å². The summed E-state index contributed by atoms with van der Waals surface area (Å²) in [5.74, 6) is 0.164. The lowest BCUT2D eigenvalue weighted by atomic mass is 9.92. The smallest absolute Gasteiger partial charge is 0.165 e. The molecule has 0 bridgehead atoms. The number of hydrogen-bond donors (Lipinski definition) is 0. The van der Waals surface area contributed by atoms with E-state index in [0.717, 1.165) is 18.5 Å². The third-order valence-electron chi connectivity index (χ3n) is 2.37. The van der Waals surface area contributed by atoms with Gasteiger partial charge in [0, 0.05) is 19.2 Å². The maximum atomic E-state index is 11.4. The fourth-order valence-electron chi connectivity index (χ4n) is 1.28. The first-order valence-corrected chi connectivity index (χ1v) is 5.48. The van der Waals surface area contributed by atoms with Crippen molar-refractivity contribution in [3.05, 3.63) is 18.0 Å². The van der Waals surface area contributed by atoms with Crippen LogP contribution >= 0.6 is 0 Å². The van der Waals surface area contributed by atoms with Crippen LogP contribution in [-0.4, -0.2) is 15.6 Å². The first kappa shape index (κ1) is 12.0. The predicted molar refractivity (Wildman–Crippen MR) is 60.9 cm³/mol. The van der Waals surface area contributed by atoms with E-state index in [0.29, 0.717) is 11.8 Å².